The van der Waals surface area contributed by atoms with Gasteiger partial charge in [0.25, 0.3) is 0 Å². The Morgan fingerprint density at radius 1 is 1.13 bits per heavy atom. The van der Waals surface area contributed by atoms with Crippen LogP contribution < -0.4 is 0 Å². The van der Waals surface area contributed by atoms with Gasteiger partial charge in [0.1, 0.15) is 5.82 Å². The van der Waals surface area contributed by atoms with Crippen molar-refractivity contribution in [1.82, 2.24) is 9.55 Å². The van der Waals surface area contributed by atoms with E-state index in [2.05, 4.69) is 40.7 Å². The normalized spacial score (nSPS) is 10.5. The first-order valence-electron chi connectivity index (χ1n) is 5.35. The van der Waals surface area contributed by atoms with Crippen molar-refractivity contribution in [3.05, 3.63) is 53.6 Å². The van der Waals surface area contributed by atoms with Crippen molar-refractivity contribution in [2.45, 2.75) is 26.8 Å². The van der Waals surface area contributed by atoms with Gasteiger partial charge in [-0.1, -0.05) is 31.2 Å². The fraction of sp³-hybridized carbons (Fsp3) is 0.308. The number of hydrogen-bond acceptors (Lipinski definition) is 1. The molecule has 0 aliphatic rings. The topological polar surface area (TPSA) is 17.8 Å². The Balaban J connectivity index is 2.14. The molecule has 0 saturated heterocycles. The van der Waals surface area contributed by atoms with Crippen LogP contribution in [0, 0.1) is 6.92 Å². The molecule has 1 aromatic carbocycles. The monoisotopic (exact) mass is 200 g/mol. The predicted octanol–water partition coefficient (Wildman–Crippen LogP) is 2.80. The first-order chi connectivity index (χ1) is 7.29. The number of rotatable bonds is 3. The first kappa shape index (κ1) is 9.97. The summed E-state index contributed by atoms with van der Waals surface area (Å²) < 4.78 is 2.15. The van der Waals surface area contributed by atoms with Gasteiger partial charge < -0.3 is 4.57 Å². The maximum absolute atomic E-state index is 4.21. The highest BCUT2D eigenvalue weighted by atomic mass is 15.0. The van der Waals surface area contributed by atoms with Gasteiger partial charge in [-0.15, -0.1) is 0 Å². The third-order valence-electron chi connectivity index (χ3n) is 2.71. The summed E-state index contributed by atoms with van der Waals surface area (Å²) in [7, 11) is 0. The molecule has 2 aromatic rings. The molecule has 0 atom stereocenters. The van der Waals surface area contributed by atoms with Gasteiger partial charge in [-0.05, 0) is 24.5 Å². The molecule has 1 heterocycles. The van der Waals surface area contributed by atoms with Gasteiger partial charge in [-0.25, -0.2) is 4.98 Å². The number of hydrogen-bond donors (Lipinski definition) is 0. The van der Waals surface area contributed by atoms with Crippen molar-refractivity contribution in [2.75, 3.05) is 0 Å². The van der Waals surface area contributed by atoms with E-state index in [1.54, 1.807) is 0 Å². The molecule has 0 saturated carbocycles. The molecule has 0 spiro atoms. The molecular weight excluding hydrogens is 184 g/mol. The van der Waals surface area contributed by atoms with E-state index in [-0.39, 0.29) is 0 Å². The molecule has 0 radical (unpaired) electrons. The molecule has 0 aliphatic heterocycles. The Hall–Kier alpha value is -1.57. The van der Waals surface area contributed by atoms with Crippen molar-refractivity contribution in [3.8, 4) is 0 Å². The molecule has 0 unspecified atom stereocenters. The summed E-state index contributed by atoms with van der Waals surface area (Å²) in [5.74, 6) is 1.06. The van der Waals surface area contributed by atoms with E-state index in [1.807, 2.05) is 19.3 Å². The molecular formula is C13H16N2. The Bertz CT molecular complexity index is 426. The minimum Gasteiger partial charge on any atom is -0.331 e. The Morgan fingerprint density at radius 2 is 1.80 bits per heavy atom. The van der Waals surface area contributed by atoms with Crippen LogP contribution in [0.2, 0.25) is 0 Å². The summed E-state index contributed by atoms with van der Waals surface area (Å²) in [6.45, 7) is 5.12. The zero-order valence-electron chi connectivity index (χ0n) is 9.27. The number of aryl methyl sites for hydroxylation is 2. The minimum atomic E-state index is 0.913. The smallest absolute Gasteiger partial charge is 0.105 e. The second-order valence-electron chi connectivity index (χ2n) is 3.77. The maximum Gasteiger partial charge on any atom is 0.105 e. The number of nitrogens with zero attached hydrogens (tertiary/aromatic N) is 2. The SMILES string of the molecule is CCc1ccc(Cn2ccnc2C)cc1. The molecule has 0 amide bonds. The summed E-state index contributed by atoms with van der Waals surface area (Å²) >= 11 is 0. The molecule has 0 N–H and O–H groups in total. The minimum absolute atomic E-state index is 0.913. The summed E-state index contributed by atoms with van der Waals surface area (Å²) in [5.41, 5.74) is 2.72. The van der Waals surface area contributed by atoms with E-state index < -0.39 is 0 Å². The molecule has 2 heteroatoms. The van der Waals surface area contributed by atoms with Crippen molar-refractivity contribution in [2.24, 2.45) is 0 Å². The average Bonchev–Trinajstić information content (AvgIpc) is 2.66. The van der Waals surface area contributed by atoms with Gasteiger partial charge in [0, 0.05) is 18.9 Å². The van der Waals surface area contributed by atoms with Crippen molar-refractivity contribution in [1.29, 1.82) is 0 Å². The van der Waals surface area contributed by atoms with Gasteiger partial charge in [-0.3, -0.25) is 0 Å². The second-order valence-corrected chi connectivity index (χ2v) is 3.77. The van der Waals surface area contributed by atoms with Crippen LogP contribution >= 0.6 is 0 Å². The van der Waals surface area contributed by atoms with Crippen molar-refractivity contribution >= 4 is 0 Å². The van der Waals surface area contributed by atoms with Crippen molar-refractivity contribution in [3.63, 3.8) is 0 Å². The molecule has 15 heavy (non-hydrogen) atoms. The van der Waals surface area contributed by atoms with Gasteiger partial charge in [0.2, 0.25) is 0 Å². The average molecular weight is 200 g/mol. The number of benzene rings is 1. The summed E-state index contributed by atoms with van der Waals surface area (Å²) in [6, 6.07) is 8.78. The Labute approximate surface area is 90.6 Å². The highest BCUT2D eigenvalue weighted by Gasteiger charge is 1.98. The standard InChI is InChI=1S/C13H16N2/c1-3-12-4-6-13(7-5-12)10-15-9-8-14-11(15)2/h4-9H,3,10H2,1-2H3. The molecule has 1 aromatic heterocycles. The zero-order chi connectivity index (χ0) is 10.7. The van der Waals surface area contributed by atoms with Crippen LogP contribution in [0.4, 0.5) is 0 Å². The molecule has 2 rings (SSSR count). The first-order valence-corrected chi connectivity index (χ1v) is 5.35. The third-order valence-corrected chi connectivity index (χ3v) is 2.71. The maximum atomic E-state index is 4.21. The Kier molecular flexibility index (Phi) is 2.86. The lowest BCUT2D eigenvalue weighted by Crippen LogP contribution is -2.00. The molecule has 0 bridgehead atoms. The second kappa shape index (κ2) is 4.30. The van der Waals surface area contributed by atoms with E-state index in [9.17, 15) is 0 Å². The summed E-state index contributed by atoms with van der Waals surface area (Å²) in [5, 5.41) is 0. The van der Waals surface area contributed by atoms with Crippen LogP contribution in [0.3, 0.4) is 0 Å². The molecule has 2 nitrogen and oxygen atoms in total. The number of imidazole rings is 1. The lowest BCUT2D eigenvalue weighted by Gasteiger charge is -2.05. The lowest BCUT2D eigenvalue weighted by atomic mass is 10.1. The van der Waals surface area contributed by atoms with Gasteiger partial charge in [0.15, 0.2) is 0 Å². The van der Waals surface area contributed by atoms with E-state index in [4.69, 9.17) is 0 Å². The highest BCUT2D eigenvalue weighted by Crippen LogP contribution is 2.08. The Morgan fingerprint density at radius 3 is 2.33 bits per heavy atom. The largest absolute Gasteiger partial charge is 0.331 e. The molecule has 0 aliphatic carbocycles. The third kappa shape index (κ3) is 2.27. The van der Waals surface area contributed by atoms with Crippen LogP contribution in [0.5, 0.6) is 0 Å². The van der Waals surface area contributed by atoms with E-state index in [1.165, 1.54) is 11.1 Å². The van der Waals surface area contributed by atoms with Crippen LogP contribution in [0.15, 0.2) is 36.7 Å². The molecule has 78 valence electrons. The van der Waals surface area contributed by atoms with Crippen LogP contribution in [0.25, 0.3) is 0 Å². The fourth-order valence-electron chi connectivity index (χ4n) is 1.65. The quantitative estimate of drug-likeness (QED) is 0.745. The zero-order valence-corrected chi connectivity index (χ0v) is 9.27. The van der Waals surface area contributed by atoms with Crippen LogP contribution in [-0.4, -0.2) is 9.55 Å². The van der Waals surface area contributed by atoms with E-state index >= 15 is 0 Å². The van der Waals surface area contributed by atoms with Gasteiger partial charge in [0.05, 0.1) is 0 Å². The van der Waals surface area contributed by atoms with Crippen LogP contribution in [-0.2, 0) is 13.0 Å². The number of aromatic nitrogens is 2. The lowest BCUT2D eigenvalue weighted by molar-refractivity contribution is 0.761. The van der Waals surface area contributed by atoms with Gasteiger partial charge in [-0.2, -0.15) is 0 Å². The predicted molar refractivity (Wildman–Crippen MR) is 61.9 cm³/mol. The summed E-state index contributed by atoms with van der Waals surface area (Å²) in [4.78, 5) is 4.21. The van der Waals surface area contributed by atoms with E-state index in [0.717, 1.165) is 18.8 Å². The molecule has 0 fully saturated rings. The van der Waals surface area contributed by atoms with E-state index in [0.29, 0.717) is 0 Å². The van der Waals surface area contributed by atoms with Crippen LogP contribution in [0.1, 0.15) is 23.9 Å². The van der Waals surface area contributed by atoms with Crippen molar-refractivity contribution < 1.29 is 0 Å². The fourth-order valence-corrected chi connectivity index (χ4v) is 1.65. The highest BCUT2D eigenvalue weighted by molar-refractivity contribution is 5.22. The van der Waals surface area contributed by atoms with Gasteiger partial charge >= 0.3 is 0 Å². The summed E-state index contributed by atoms with van der Waals surface area (Å²) in [6.07, 6.45) is 4.96.